The molecule has 0 saturated heterocycles. The summed E-state index contributed by atoms with van der Waals surface area (Å²) in [6, 6.07) is 7.28. The monoisotopic (exact) mass is 317 g/mol. The number of carbonyl (C=O) groups excluding carboxylic acids is 2. The summed E-state index contributed by atoms with van der Waals surface area (Å²) < 4.78 is 5.03. The van der Waals surface area contributed by atoms with Crippen molar-refractivity contribution < 1.29 is 19.4 Å². The van der Waals surface area contributed by atoms with Gasteiger partial charge in [-0.3, -0.25) is 9.59 Å². The lowest BCUT2D eigenvalue weighted by Crippen LogP contribution is -2.32. The summed E-state index contributed by atoms with van der Waals surface area (Å²) in [6.07, 6.45) is 1.56. The molecular formula is C18H23NO4. The molecule has 5 heteroatoms. The second-order valence-corrected chi connectivity index (χ2v) is 5.66. The first-order chi connectivity index (χ1) is 11.0. The van der Waals surface area contributed by atoms with Gasteiger partial charge in [-0.05, 0) is 30.9 Å². The fourth-order valence-electron chi connectivity index (χ4n) is 2.91. The topological polar surface area (TPSA) is 66.8 Å². The second-order valence-electron chi connectivity index (χ2n) is 5.66. The number of Topliss-reactive ketones (excluding diaryl/α,β-unsaturated/α-hetero) is 1. The molecule has 23 heavy (non-hydrogen) atoms. The Balaban J connectivity index is 2.38. The highest BCUT2D eigenvalue weighted by Crippen LogP contribution is 2.37. The fraction of sp³-hybridized carbons (Fsp3) is 0.444. The minimum atomic E-state index is -0.525. The van der Waals surface area contributed by atoms with Crippen molar-refractivity contribution in [2.75, 3.05) is 20.3 Å². The molecule has 0 aliphatic carbocycles. The van der Waals surface area contributed by atoms with E-state index in [0.717, 1.165) is 12.0 Å². The SMILES string of the molecule is CCc1ccc(C2C(C(C)=O)=C(O)C(=O)N2CCCOC)cc1. The first-order valence-electron chi connectivity index (χ1n) is 7.84. The van der Waals surface area contributed by atoms with Gasteiger partial charge in [0.2, 0.25) is 0 Å². The molecule has 1 aromatic rings. The first-order valence-corrected chi connectivity index (χ1v) is 7.84. The highest BCUT2D eigenvalue weighted by molar-refractivity contribution is 6.08. The Labute approximate surface area is 136 Å². The van der Waals surface area contributed by atoms with Crippen LogP contribution in [0.1, 0.15) is 37.4 Å². The zero-order chi connectivity index (χ0) is 17.0. The summed E-state index contributed by atoms with van der Waals surface area (Å²) in [5, 5.41) is 10.1. The quantitative estimate of drug-likeness (QED) is 0.785. The molecule has 0 bridgehead atoms. The molecule has 1 heterocycles. The Hall–Kier alpha value is -2.14. The zero-order valence-electron chi connectivity index (χ0n) is 13.8. The number of benzene rings is 1. The lowest BCUT2D eigenvalue weighted by molar-refractivity contribution is -0.129. The van der Waals surface area contributed by atoms with Crippen LogP contribution in [-0.2, 0) is 20.7 Å². The number of aliphatic hydroxyl groups excluding tert-OH is 1. The molecule has 1 N–H and O–H groups in total. The number of methoxy groups -OCH3 is 1. The summed E-state index contributed by atoms with van der Waals surface area (Å²) in [7, 11) is 1.60. The Bertz CT molecular complexity index is 618. The van der Waals surface area contributed by atoms with Crippen LogP contribution in [0.15, 0.2) is 35.6 Å². The number of hydrogen-bond donors (Lipinski definition) is 1. The van der Waals surface area contributed by atoms with Gasteiger partial charge >= 0.3 is 0 Å². The number of aryl methyl sites for hydroxylation is 1. The van der Waals surface area contributed by atoms with Crippen LogP contribution in [0.25, 0.3) is 0 Å². The fourth-order valence-corrected chi connectivity index (χ4v) is 2.91. The molecule has 5 nitrogen and oxygen atoms in total. The average molecular weight is 317 g/mol. The first kappa shape index (κ1) is 17.2. The number of carbonyl (C=O) groups is 2. The van der Waals surface area contributed by atoms with E-state index in [1.807, 2.05) is 24.3 Å². The molecule has 1 aliphatic heterocycles. The molecule has 0 radical (unpaired) electrons. The smallest absolute Gasteiger partial charge is 0.290 e. The van der Waals surface area contributed by atoms with Crippen LogP contribution in [0.4, 0.5) is 0 Å². The van der Waals surface area contributed by atoms with Crippen molar-refractivity contribution in [1.29, 1.82) is 0 Å². The maximum absolute atomic E-state index is 12.3. The Morgan fingerprint density at radius 1 is 1.30 bits per heavy atom. The molecular weight excluding hydrogens is 294 g/mol. The van der Waals surface area contributed by atoms with Crippen LogP contribution in [0.3, 0.4) is 0 Å². The highest BCUT2D eigenvalue weighted by atomic mass is 16.5. The predicted octanol–water partition coefficient (Wildman–Crippen LogP) is 2.57. The molecule has 1 unspecified atom stereocenters. The molecule has 1 aliphatic rings. The molecule has 1 amide bonds. The van der Waals surface area contributed by atoms with Gasteiger partial charge in [0.25, 0.3) is 5.91 Å². The van der Waals surface area contributed by atoms with Gasteiger partial charge in [-0.2, -0.15) is 0 Å². The number of nitrogens with zero attached hydrogens (tertiary/aromatic N) is 1. The summed E-state index contributed by atoms with van der Waals surface area (Å²) in [4.78, 5) is 25.9. The molecule has 1 aromatic carbocycles. The molecule has 124 valence electrons. The van der Waals surface area contributed by atoms with Gasteiger partial charge in [-0.15, -0.1) is 0 Å². The molecule has 0 spiro atoms. The van der Waals surface area contributed by atoms with E-state index in [1.54, 1.807) is 12.0 Å². The van der Waals surface area contributed by atoms with Crippen molar-refractivity contribution in [3.05, 3.63) is 46.7 Å². The minimum absolute atomic E-state index is 0.177. The van der Waals surface area contributed by atoms with Gasteiger partial charge < -0.3 is 14.7 Å². The molecule has 0 aromatic heterocycles. The number of ether oxygens (including phenoxy) is 1. The van der Waals surface area contributed by atoms with E-state index >= 15 is 0 Å². The van der Waals surface area contributed by atoms with Crippen LogP contribution in [0.5, 0.6) is 0 Å². The standard InChI is InChI=1S/C18H23NO4/c1-4-13-6-8-14(9-7-13)16-15(12(2)20)17(21)18(22)19(16)10-5-11-23-3/h6-9,16,21H,4-5,10-11H2,1-3H3. The molecule has 0 saturated carbocycles. The molecule has 1 atom stereocenters. The van der Waals surface area contributed by atoms with E-state index in [2.05, 4.69) is 6.92 Å². The maximum Gasteiger partial charge on any atom is 0.290 e. The summed E-state index contributed by atoms with van der Waals surface area (Å²) in [6.45, 7) is 4.39. The van der Waals surface area contributed by atoms with Crippen LogP contribution in [-0.4, -0.2) is 42.0 Å². The van der Waals surface area contributed by atoms with Crippen molar-refractivity contribution in [3.63, 3.8) is 0 Å². The van der Waals surface area contributed by atoms with Crippen LogP contribution >= 0.6 is 0 Å². The number of hydrogen-bond acceptors (Lipinski definition) is 4. The van der Waals surface area contributed by atoms with Crippen LogP contribution < -0.4 is 0 Å². The third kappa shape index (κ3) is 3.45. The normalized spacial score (nSPS) is 18.0. The van der Waals surface area contributed by atoms with E-state index in [1.165, 1.54) is 12.5 Å². The summed E-state index contributed by atoms with van der Waals surface area (Å²) in [5.41, 5.74) is 2.19. The van der Waals surface area contributed by atoms with E-state index in [4.69, 9.17) is 4.74 Å². The molecule has 0 fully saturated rings. The van der Waals surface area contributed by atoms with E-state index in [9.17, 15) is 14.7 Å². The largest absolute Gasteiger partial charge is 0.503 e. The second kappa shape index (κ2) is 7.42. The van der Waals surface area contributed by atoms with E-state index < -0.39 is 17.7 Å². The minimum Gasteiger partial charge on any atom is -0.503 e. The zero-order valence-corrected chi connectivity index (χ0v) is 13.8. The number of rotatable bonds is 7. The van der Waals surface area contributed by atoms with Crippen molar-refractivity contribution in [1.82, 2.24) is 4.90 Å². The number of amides is 1. The van der Waals surface area contributed by atoms with Crippen LogP contribution in [0.2, 0.25) is 0 Å². The third-order valence-corrected chi connectivity index (χ3v) is 4.13. The number of aliphatic hydroxyl groups is 1. The Morgan fingerprint density at radius 2 is 1.96 bits per heavy atom. The Kier molecular flexibility index (Phi) is 5.55. The average Bonchev–Trinajstić information content (AvgIpc) is 2.80. The lowest BCUT2D eigenvalue weighted by atomic mass is 9.95. The van der Waals surface area contributed by atoms with Gasteiger partial charge in [0.1, 0.15) is 0 Å². The lowest BCUT2D eigenvalue weighted by Gasteiger charge is -2.26. The highest BCUT2D eigenvalue weighted by Gasteiger charge is 2.41. The maximum atomic E-state index is 12.3. The van der Waals surface area contributed by atoms with Gasteiger partial charge in [-0.25, -0.2) is 0 Å². The summed E-state index contributed by atoms with van der Waals surface area (Å²) >= 11 is 0. The van der Waals surface area contributed by atoms with Crippen molar-refractivity contribution in [2.45, 2.75) is 32.7 Å². The van der Waals surface area contributed by atoms with Gasteiger partial charge in [0, 0.05) is 20.3 Å². The molecule has 2 rings (SSSR count). The van der Waals surface area contributed by atoms with Crippen molar-refractivity contribution >= 4 is 11.7 Å². The van der Waals surface area contributed by atoms with Crippen molar-refractivity contribution in [3.8, 4) is 0 Å². The third-order valence-electron chi connectivity index (χ3n) is 4.13. The van der Waals surface area contributed by atoms with Crippen LogP contribution in [0, 0.1) is 0 Å². The predicted molar refractivity (Wildman–Crippen MR) is 87.1 cm³/mol. The van der Waals surface area contributed by atoms with Gasteiger partial charge in [0.05, 0.1) is 11.6 Å². The van der Waals surface area contributed by atoms with Crippen molar-refractivity contribution in [2.24, 2.45) is 0 Å². The van der Waals surface area contributed by atoms with Gasteiger partial charge in [-0.1, -0.05) is 31.2 Å². The number of ketones is 1. The summed E-state index contributed by atoms with van der Waals surface area (Å²) in [5.74, 6) is -1.20. The van der Waals surface area contributed by atoms with E-state index in [0.29, 0.717) is 19.6 Å². The Morgan fingerprint density at radius 3 is 2.48 bits per heavy atom. The van der Waals surface area contributed by atoms with Gasteiger partial charge in [0.15, 0.2) is 11.5 Å². The van der Waals surface area contributed by atoms with E-state index in [-0.39, 0.29) is 11.4 Å².